The summed E-state index contributed by atoms with van der Waals surface area (Å²) in [7, 11) is 0. The fourth-order valence-corrected chi connectivity index (χ4v) is 1.81. The second-order valence-electron chi connectivity index (χ2n) is 3.78. The molecule has 0 bridgehead atoms. The first-order valence-electron chi connectivity index (χ1n) is 5.00. The molecule has 1 N–H and O–H groups in total. The monoisotopic (exact) mass is 184 g/mol. The number of nitrogens with zero attached hydrogens (tertiary/aromatic N) is 1. The molecule has 2 nitrogen and oxygen atoms in total. The molecule has 2 aromatic rings. The van der Waals surface area contributed by atoms with Gasteiger partial charge in [0.2, 0.25) is 0 Å². The van der Waals surface area contributed by atoms with Gasteiger partial charge in [-0.2, -0.15) is 0 Å². The highest BCUT2D eigenvalue weighted by Gasteiger charge is 2.19. The van der Waals surface area contributed by atoms with Crippen molar-refractivity contribution in [1.82, 2.24) is 10.3 Å². The van der Waals surface area contributed by atoms with Crippen LogP contribution in [-0.2, 0) is 0 Å². The van der Waals surface area contributed by atoms with E-state index < -0.39 is 0 Å². The van der Waals surface area contributed by atoms with Crippen LogP contribution in [0.15, 0.2) is 36.4 Å². The summed E-state index contributed by atoms with van der Waals surface area (Å²) in [4.78, 5) is 4.66. The average Bonchev–Trinajstić information content (AvgIpc) is 2.15. The van der Waals surface area contributed by atoms with Crippen LogP contribution < -0.4 is 5.32 Å². The maximum Gasteiger partial charge on any atom is 0.0705 e. The number of benzene rings is 1. The molecule has 0 saturated carbocycles. The van der Waals surface area contributed by atoms with E-state index in [0.29, 0.717) is 5.92 Å². The lowest BCUT2D eigenvalue weighted by molar-refractivity contribution is 0.441. The van der Waals surface area contributed by atoms with E-state index in [1.807, 2.05) is 6.07 Å². The Morgan fingerprint density at radius 3 is 2.71 bits per heavy atom. The van der Waals surface area contributed by atoms with Gasteiger partial charge < -0.3 is 5.32 Å². The van der Waals surface area contributed by atoms with Crippen LogP contribution >= 0.6 is 0 Å². The number of aromatic nitrogens is 1. The van der Waals surface area contributed by atoms with Crippen molar-refractivity contribution in [2.24, 2.45) is 0 Å². The molecule has 0 atom stereocenters. The van der Waals surface area contributed by atoms with E-state index in [9.17, 15) is 0 Å². The quantitative estimate of drug-likeness (QED) is 0.732. The Bertz CT molecular complexity index is 461. The SMILES string of the molecule is c1ccc2nc(C3CNC3)ccc2c1. The Morgan fingerprint density at radius 1 is 1.07 bits per heavy atom. The van der Waals surface area contributed by atoms with Crippen molar-refractivity contribution in [1.29, 1.82) is 0 Å². The third kappa shape index (κ3) is 1.19. The first kappa shape index (κ1) is 7.94. The molecule has 2 heteroatoms. The number of rotatable bonds is 1. The second kappa shape index (κ2) is 3.07. The molecule has 3 rings (SSSR count). The Kier molecular flexibility index (Phi) is 1.74. The number of nitrogens with one attached hydrogen (secondary N) is 1. The highest BCUT2D eigenvalue weighted by atomic mass is 15.0. The maximum absolute atomic E-state index is 4.66. The zero-order chi connectivity index (χ0) is 9.38. The summed E-state index contributed by atoms with van der Waals surface area (Å²) >= 11 is 0. The van der Waals surface area contributed by atoms with E-state index in [-0.39, 0.29) is 0 Å². The van der Waals surface area contributed by atoms with Crippen LogP contribution in [0.25, 0.3) is 10.9 Å². The van der Waals surface area contributed by atoms with Crippen LogP contribution in [0, 0.1) is 0 Å². The van der Waals surface area contributed by atoms with Gasteiger partial charge >= 0.3 is 0 Å². The molecule has 1 aliphatic rings. The molecule has 1 aromatic heterocycles. The van der Waals surface area contributed by atoms with Crippen molar-refractivity contribution in [3.05, 3.63) is 42.1 Å². The molecule has 14 heavy (non-hydrogen) atoms. The van der Waals surface area contributed by atoms with Crippen LogP contribution in [0.1, 0.15) is 11.6 Å². The van der Waals surface area contributed by atoms with Crippen molar-refractivity contribution >= 4 is 10.9 Å². The molecule has 1 aromatic carbocycles. The standard InChI is InChI=1S/C12H12N2/c1-2-4-11-9(3-1)5-6-12(14-11)10-7-13-8-10/h1-6,10,13H,7-8H2. The van der Waals surface area contributed by atoms with Crippen molar-refractivity contribution in [3.63, 3.8) is 0 Å². The number of para-hydroxylation sites is 1. The summed E-state index contributed by atoms with van der Waals surface area (Å²) in [6, 6.07) is 12.6. The summed E-state index contributed by atoms with van der Waals surface area (Å²) in [5.74, 6) is 0.625. The molecule has 1 fully saturated rings. The fraction of sp³-hybridized carbons (Fsp3) is 0.250. The van der Waals surface area contributed by atoms with Gasteiger partial charge in [-0.3, -0.25) is 4.98 Å². The predicted molar refractivity (Wildman–Crippen MR) is 57.4 cm³/mol. The molecular formula is C12H12N2. The lowest BCUT2D eigenvalue weighted by Crippen LogP contribution is -2.40. The minimum atomic E-state index is 0.625. The minimum absolute atomic E-state index is 0.625. The predicted octanol–water partition coefficient (Wildman–Crippen LogP) is 1.92. The normalized spacial score (nSPS) is 16.9. The number of hydrogen-bond donors (Lipinski definition) is 1. The third-order valence-electron chi connectivity index (χ3n) is 2.82. The first-order chi connectivity index (χ1) is 6.93. The molecular weight excluding hydrogens is 172 g/mol. The van der Waals surface area contributed by atoms with Gasteiger partial charge in [-0.1, -0.05) is 24.3 Å². The van der Waals surface area contributed by atoms with E-state index >= 15 is 0 Å². The van der Waals surface area contributed by atoms with Gasteiger partial charge in [0, 0.05) is 30.1 Å². The van der Waals surface area contributed by atoms with Crippen LogP contribution in [-0.4, -0.2) is 18.1 Å². The van der Waals surface area contributed by atoms with Crippen LogP contribution in [0.5, 0.6) is 0 Å². The zero-order valence-electron chi connectivity index (χ0n) is 7.90. The molecule has 0 spiro atoms. The summed E-state index contributed by atoms with van der Waals surface area (Å²) in [6.07, 6.45) is 0. The Balaban J connectivity index is 2.10. The van der Waals surface area contributed by atoms with Crippen molar-refractivity contribution in [2.75, 3.05) is 13.1 Å². The minimum Gasteiger partial charge on any atom is -0.315 e. The number of pyridine rings is 1. The summed E-state index contributed by atoms with van der Waals surface area (Å²) in [5, 5.41) is 4.49. The van der Waals surface area contributed by atoms with E-state index in [1.165, 1.54) is 11.1 Å². The van der Waals surface area contributed by atoms with Crippen molar-refractivity contribution in [3.8, 4) is 0 Å². The fourth-order valence-electron chi connectivity index (χ4n) is 1.81. The topological polar surface area (TPSA) is 24.9 Å². The maximum atomic E-state index is 4.66. The molecule has 70 valence electrons. The van der Waals surface area contributed by atoms with Gasteiger partial charge in [0.15, 0.2) is 0 Å². The van der Waals surface area contributed by atoms with E-state index in [1.54, 1.807) is 0 Å². The summed E-state index contributed by atoms with van der Waals surface area (Å²) in [5.41, 5.74) is 2.33. The molecule has 0 radical (unpaired) electrons. The zero-order valence-corrected chi connectivity index (χ0v) is 7.90. The lowest BCUT2D eigenvalue weighted by Gasteiger charge is -2.26. The van der Waals surface area contributed by atoms with Gasteiger partial charge in [0.25, 0.3) is 0 Å². The van der Waals surface area contributed by atoms with Gasteiger partial charge in [-0.25, -0.2) is 0 Å². The van der Waals surface area contributed by atoms with E-state index in [4.69, 9.17) is 0 Å². The summed E-state index contributed by atoms with van der Waals surface area (Å²) in [6.45, 7) is 2.15. The van der Waals surface area contributed by atoms with Crippen molar-refractivity contribution in [2.45, 2.75) is 5.92 Å². The third-order valence-corrected chi connectivity index (χ3v) is 2.82. The number of hydrogen-bond acceptors (Lipinski definition) is 2. The lowest BCUT2D eigenvalue weighted by atomic mass is 9.98. The molecule has 1 saturated heterocycles. The second-order valence-corrected chi connectivity index (χ2v) is 3.78. The van der Waals surface area contributed by atoms with Gasteiger partial charge in [-0.05, 0) is 12.1 Å². The molecule has 1 aliphatic heterocycles. The molecule has 0 aliphatic carbocycles. The smallest absolute Gasteiger partial charge is 0.0705 e. The summed E-state index contributed by atoms with van der Waals surface area (Å²) < 4.78 is 0. The van der Waals surface area contributed by atoms with Crippen LogP contribution in [0.2, 0.25) is 0 Å². The van der Waals surface area contributed by atoms with E-state index in [0.717, 1.165) is 18.6 Å². The Labute approximate surface area is 83.0 Å². The number of fused-ring (bicyclic) bond motifs is 1. The molecule has 0 unspecified atom stereocenters. The first-order valence-corrected chi connectivity index (χ1v) is 5.00. The molecule has 2 heterocycles. The average molecular weight is 184 g/mol. The van der Waals surface area contributed by atoms with Crippen molar-refractivity contribution < 1.29 is 0 Å². The van der Waals surface area contributed by atoms with Crippen LogP contribution in [0.3, 0.4) is 0 Å². The van der Waals surface area contributed by atoms with Gasteiger partial charge in [0.05, 0.1) is 5.52 Å². The van der Waals surface area contributed by atoms with Crippen LogP contribution in [0.4, 0.5) is 0 Å². The molecule has 0 amide bonds. The highest BCUT2D eigenvalue weighted by Crippen LogP contribution is 2.20. The van der Waals surface area contributed by atoms with E-state index in [2.05, 4.69) is 40.6 Å². The largest absolute Gasteiger partial charge is 0.315 e. The van der Waals surface area contributed by atoms with Gasteiger partial charge in [0.1, 0.15) is 0 Å². The Hall–Kier alpha value is -1.41. The van der Waals surface area contributed by atoms with Gasteiger partial charge in [-0.15, -0.1) is 0 Å². The highest BCUT2D eigenvalue weighted by molar-refractivity contribution is 5.78. The Morgan fingerprint density at radius 2 is 1.93 bits per heavy atom.